The molecule has 0 aliphatic rings. The minimum atomic E-state index is -0.524. The predicted molar refractivity (Wildman–Crippen MR) is 103 cm³/mol. The molecule has 0 atom stereocenters. The number of thiazole rings is 1. The zero-order valence-electron chi connectivity index (χ0n) is 14.6. The average molecular weight is 397 g/mol. The molecule has 3 heterocycles. The van der Waals surface area contributed by atoms with E-state index in [2.05, 4.69) is 15.4 Å². The molecule has 4 rings (SSSR count). The van der Waals surface area contributed by atoms with Crippen molar-refractivity contribution in [1.29, 1.82) is 0 Å². The van der Waals surface area contributed by atoms with Crippen LogP contribution in [0.2, 0.25) is 0 Å². The predicted octanol–water partition coefficient (Wildman–Crippen LogP) is 3.37. The van der Waals surface area contributed by atoms with Crippen molar-refractivity contribution in [2.45, 2.75) is 19.5 Å². The summed E-state index contributed by atoms with van der Waals surface area (Å²) in [6.45, 7) is 0.512. The number of amides is 1. The lowest BCUT2D eigenvalue weighted by molar-refractivity contribution is -0.385. The molecule has 142 valence electrons. The lowest BCUT2D eigenvalue weighted by Gasteiger charge is -2.03. The molecule has 0 aliphatic carbocycles. The monoisotopic (exact) mass is 397 g/mol. The van der Waals surface area contributed by atoms with E-state index in [1.807, 2.05) is 30.3 Å². The van der Waals surface area contributed by atoms with Crippen LogP contribution >= 0.6 is 11.3 Å². The van der Waals surface area contributed by atoms with Crippen LogP contribution in [0.5, 0.6) is 0 Å². The molecular weight excluding hydrogens is 382 g/mol. The molecule has 4 aromatic rings. The molecule has 0 fully saturated rings. The number of aryl methyl sites for hydroxylation is 1. The highest BCUT2D eigenvalue weighted by Crippen LogP contribution is 2.31. The van der Waals surface area contributed by atoms with Gasteiger partial charge < -0.3 is 9.73 Å². The first-order valence-electron chi connectivity index (χ1n) is 8.47. The van der Waals surface area contributed by atoms with Gasteiger partial charge in [-0.05, 0) is 24.3 Å². The molecule has 1 aromatic carbocycles. The Labute approximate surface area is 162 Å². The third kappa shape index (κ3) is 3.91. The van der Waals surface area contributed by atoms with Crippen molar-refractivity contribution in [3.63, 3.8) is 0 Å². The van der Waals surface area contributed by atoms with Crippen molar-refractivity contribution in [1.82, 2.24) is 20.1 Å². The molecule has 10 heteroatoms. The molecule has 0 aliphatic heterocycles. The minimum absolute atomic E-state index is 0.0987. The zero-order chi connectivity index (χ0) is 19.5. The molecule has 0 unspecified atom stereocenters. The van der Waals surface area contributed by atoms with Crippen LogP contribution < -0.4 is 5.32 Å². The number of rotatable bonds is 7. The number of benzene rings is 1. The van der Waals surface area contributed by atoms with Crippen molar-refractivity contribution in [2.24, 2.45) is 0 Å². The Morgan fingerprint density at radius 3 is 2.93 bits per heavy atom. The van der Waals surface area contributed by atoms with Crippen molar-refractivity contribution in [2.75, 3.05) is 0 Å². The summed E-state index contributed by atoms with van der Waals surface area (Å²) >= 11 is 1.55. The largest absolute Gasteiger partial charge is 0.457 e. The maximum atomic E-state index is 12.0. The van der Waals surface area contributed by atoms with Crippen LogP contribution in [0.1, 0.15) is 12.2 Å². The van der Waals surface area contributed by atoms with E-state index in [9.17, 15) is 14.9 Å². The van der Waals surface area contributed by atoms with Gasteiger partial charge in [0.15, 0.2) is 10.8 Å². The van der Waals surface area contributed by atoms with Gasteiger partial charge in [-0.15, -0.1) is 11.3 Å². The van der Waals surface area contributed by atoms with Gasteiger partial charge >= 0.3 is 5.69 Å². The van der Waals surface area contributed by atoms with Crippen LogP contribution in [0.25, 0.3) is 21.0 Å². The summed E-state index contributed by atoms with van der Waals surface area (Å²) in [5.74, 6) is 1.09. The number of para-hydroxylation sites is 1. The van der Waals surface area contributed by atoms with Gasteiger partial charge in [0, 0.05) is 13.0 Å². The lowest BCUT2D eigenvalue weighted by atomic mass is 10.3. The van der Waals surface area contributed by atoms with Crippen LogP contribution in [0.15, 0.2) is 53.2 Å². The summed E-state index contributed by atoms with van der Waals surface area (Å²) in [6, 6.07) is 11.5. The number of carbonyl (C=O) groups excluding carboxylic acids is 1. The second kappa shape index (κ2) is 7.61. The van der Waals surface area contributed by atoms with Gasteiger partial charge in [-0.2, -0.15) is 5.10 Å². The Morgan fingerprint density at radius 1 is 1.29 bits per heavy atom. The molecule has 9 nitrogen and oxygen atoms in total. The number of hydrogen-bond acceptors (Lipinski definition) is 7. The van der Waals surface area contributed by atoms with Crippen LogP contribution in [0, 0.1) is 10.1 Å². The van der Waals surface area contributed by atoms with E-state index in [4.69, 9.17) is 4.42 Å². The molecule has 0 saturated heterocycles. The highest BCUT2D eigenvalue weighted by Gasteiger charge is 2.12. The van der Waals surface area contributed by atoms with E-state index in [0.717, 1.165) is 21.4 Å². The average Bonchev–Trinajstić information content (AvgIpc) is 3.43. The smallest absolute Gasteiger partial charge is 0.306 e. The second-order valence-electron chi connectivity index (χ2n) is 6.00. The molecule has 0 bridgehead atoms. The summed E-state index contributed by atoms with van der Waals surface area (Å²) in [5.41, 5.74) is 0.825. The number of carbonyl (C=O) groups is 1. The summed E-state index contributed by atoms with van der Waals surface area (Å²) < 4.78 is 8.24. The van der Waals surface area contributed by atoms with Crippen molar-refractivity contribution < 1.29 is 14.1 Å². The summed E-state index contributed by atoms with van der Waals surface area (Å²) in [5, 5.41) is 18.0. The third-order valence-electron chi connectivity index (χ3n) is 4.02. The molecule has 28 heavy (non-hydrogen) atoms. The van der Waals surface area contributed by atoms with Crippen molar-refractivity contribution in [3.05, 3.63) is 64.7 Å². The van der Waals surface area contributed by atoms with Gasteiger partial charge in [-0.3, -0.25) is 19.6 Å². The highest BCUT2D eigenvalue weighted by atomic mass is 32.1. The van der Waals surface area contributed by atoms with Gasteiger partial charge in [0.25, 0.3) is 0 Å². The maximum absolute atomic E-state index is 12.0. The molecule has 0 spiro atoms. The number of hydrogen-bond donors (Lipinski definition) is 1. The fraction of sp³-hybridized carbons (Fsp3) is 0.167. The quantitative estimate of drug-likeness (QED) is 0.377. The first kappa shape index (κ1) is 17.9. The van der Waals surface area contributed by atoms with E-state index < -0.39 is 4.92 Å². The fourth-order valence-electron chi connectivity index (χ4n) is 2.62. The Kier molecular flexibility index (Phi) is 4.85. The maximum Gasteiger partial charge on any atom is 0.306 e. The van der Waals surface area contributed by atoms with Gasteiger partial charge in [0.2, 0.25) is 5.91 Å². The van der Waals surface area contributed by atoms with Crippen LogP contribution in [0.3, 0.4) is 0 Å². The SMILES string of the molecule is O=C(CCn1cc([N+](=O)[O-])cn1)NCc1ccc(-c2nc3ccccc3s2)o1. The summed E-state index contributed by atoms with van der Waals surface area (Å²) in [4.78, 5) is 26.6. The number of nitro groups is 1. The van der Waals surface area contributed by atoms with Crippen LogP contribution in [-0.4, -0.2) is 25.6 Å². The van der Waals surface area contributed by atoms with E-state index in [0.29, 0.717) is 11.5 Å². The van der Waals surface area contributed by atoms with Crippen molar-refractivity contribution >= 4 is 33.1 Å². The molecular formula is C18H15N5O4S. The fourth-order valence-corrected chi connectivity index (χ4v) is 3.55. The minimum Gasteiger partial charge on any atom is -0.457 e. The van der Waals surface area contributed by atoms with Gasteiger partial charge in [-0.25, -0.2) is 4.98 Å². The lowest BCUT2D eigenvalue weighted by Crippen LogP contribution is -2.23. The Bertz CT molecular complexity index is 1110. The van der Waals surface area contributed by atoms with E-state index in [1.54, 1.807) is 17.4 Å². The topological polar surface area (TPSA) is 116 Å². The first-order valence-corrected chi connectivity index (χ1v) is 9.28. The normalized spacial score (nSPS) is 11.0. The van der Waals surface area contributed by atoms with E-state index in [1.165, 1.54) is 10.9 Å². The molecule has 1 amide bonds. The first-order chi connectivity index (χ1) is 13.6. The van der Waals surface area contributed by atoms with E-state index in [-0.39, 0.29) is 31.1 Å². The Hall–Kier alpha value is -3.53. The Balaban J connectivity index is 1.31. The van der Waals surface area contributed by atoms with Gasteiger partial charge in [-0.1, -0.05) is 12.1 Å². The summed E-state index contributed by atoms with van der Waals surface area (Å²) in [6.07, 6.45) is 2.61. The molecule has 3 aromatic heterocycles. The van der Waals surface area contributed by atoms with Gasteiger partial charge in [0.05, 0.1) is 21.7 Å². The molecule has 0 radical (unpaired) electrons. The van der Waals surface area contributed by atoms with Crippen LogP contribution in [0.4, 0.5) is 5.69 Å². The van der Waals surface area contributed by atoms with E-state index >= 15 is 0 Å². The zero-order valence-corrected chi connectivity index (χ0v) is 15.4. The Morgan fingerprint density at radius 2 is 2.14 bits per heavy atom. The second-order valence-corrected chi connectivity index (χ2v) is 7.03. The number of nitrogens with one attached hydrogen (secondary N) is 1. The molecule has 0 saturated carbocycles. The summed E-state index contributed by atoms with van der Waals surface area (Å²) in [7, 11) is 0. The number of furan rings is 1. The molecule has 1 N–H and O–H groups in total. The standard InChI is InChI=1S/C18H15N5O4S/c24-17(7-8-22-11-12(9-20-22)23(25)26)19-10-13-5-6-15(27-13)18-21-14-3-1-2-4-16(14)28-18/h1-6,9,11H,7-8,10H2,(H,19,24). The third-order valence-corrected chi connectivity index (χ3v) is 5.08. The highest BCUT2D eigenvalue weighted by molar-refractivity contribution is 7.21. The van der Waals surface area contributed by atoms with Crippen LogP contribution in [-0.2, 0) is 17.9 Å². The van der Waals surface area contributed by atoms with Crippen molar-refractivity contribution in [3.8, 4) is 10.8 Å². The number of fused-ring (bicyclic) bond motifs is 1. The number of aromatic nitrogens is 3. The van der Waals surface area contributed by atoms with Gasteiger partial charge in [0.1, 0.15) is 18.2 Å². The number of nitrogens with zero attached hydrogens (tertiary/aromatic N) is 4.